The van der Waals surface area contributed by atoms with Gasteiger partial charge in [-0.3, -0.25) is 9.59 Å². The molecule has 2 aromatic heterocycles. The van der Waals surface area contributed by atoms with E-state index < -0.39 is 0 Å². The maximum atomic E-state index is 13.2. The van der Waals surface area contributed by atoms with Gasteiger partial charge in [-0.15, -0.1) is 11.3 Å². The summed E-state index contributed by atoms with van der Waals surface area (Å²) in [5.74, 6) is 0.583. The van der Waals surface area contributed by atoms with Crippen molar-refractivity contribution in [3.8, 4) is 0 Å². The summed E-state index contributed by atoms with van der Waals surface area (Å²) in [5.41, 5.74) is 3.78. The van der Waals surface area contributed by atoms with E-state index in [4.69, 9.17) is 0 Å². The number of rotatable bonds is 4. The first-order chi connectivity index (χ1) is 14.7. The fraction of sp³-hybridized carbons (Fsp3) is 0.524. The molecule has 3 aliphatic rings. The minimum Gasteiger partial charge on any atom is -0.359 e. The maximum absolute atomic E-state index is 13.2. The van der Waals surface area contributed by atoms with Crippen molar-refractivity contribution in [1.82, 2.24) is 19.8 Å². The van der Waals surface area contributed by atoms with Crippen LogP contribution in [0.2, 0.25) is 0 Å². The van der Waals surface area contributed by atoms with E-state index >= 15 is 0 Å². The molecule has 0 bridgehead atoms. The zero-order valence-corrected chi connectivity index (χ0v) is 17.7. The molecule has 8 nitrogen and oxygen atoms in total. The highest BCUT2D eigenvalue weighted by Gasteiger charge is 2.31. The molecule has 0 aliphatic carbocycles. The minimum atomic E-state index is -0.0478. The number of anilines is 2. The number of likely N-dealkylation sites (tertiary alicyclic amines) is 2. The van der Waals surface area contributed by atoms with Gasteiger partial charge >= 0.3 is 0 Å². The Kier molecular flexibility index (Phi) is 5.39. The van der Waals surface area contributed by atoms with Crippen LogP contribution in [0.25, 0.3) is 0 Å². The lowest BCUT2D eigenvalue weighted by molar-refractivity contribution is -0.117. The average molecular weight is 427 g/mol. The third-order valence-corrected chi connectivity index (χ3v) is 6.96. The molecule has 0 radical (unpaired) electrons. The first-order valence-electron chi connectivity index (χ1n) is 10.6. The molecule has 9 heteroatoms. The predicted molar refractivity (Wildman–Crippen MR) is 116 cm³/mol. The van der Waals surface area contributed by atoms with Crippen molar-refractivity contribution in [2.45, 2.75) is 38.3 Å². The van der Waals surface area contributed by atoms with E-state index in [1.165, 1.54) is 37.3 Å². The molecule has 0 atom stereocenters. The van der Waals surface area contributed by atoms with Crippen LogP contribution in [0.5, 0.6) is 0 Å². The van der Waals surface area contributed by atoms with Gasteiger partial charge in [0.2, 0.25) is 5.91 Å². The van der Waals surface area contributed by atoms with E-state index in [1.54, 1.807) is 22.7 Å². The molecule has 0 spiro atoms. The van der Waals surface area contributed by atoms with E-state index in [1.807, 2.05) is 10.3 Å². The summed E-state index contributed by atoms with van der Waals surface area (Å²) in [5, 5.41) is 4.99. The quantitative estimate of drug-likeness (QED) is 0.807. The smallest absolute Gasteiger partial charge is 0.255 e. The van der Waals surface area contributed by atoms with Crippen LogP contribution in [0, 0.1) is 0 Å². The Balaban J connectivity index is 1.31. The monoisotopic (exact) mass is 426 g/mol. The topological polar surface area (TPSA) is 81.7 Å². The van der Waals surface area contributed by atoms with Crippen molar-refractivity contribution in [3.05, 3.63) is 34.4 Å². The second-order valence-electron chi connectivity index (χ2n) is 8.17. The number of amides is 2. The van der Waals surface area contributed by atoms with Gasteiger partial charge in [0.05, 0.1) is 35.5 Å². The maximum Gasteiger partial charge on any atom is 0.255 e. The average Bonchev–Trinajstić information content (AvgIpc) is 3.49. The zero-order valence-electron chi connectivity index (χ0n) is 16.9. The summed E-state index contributed by atoms with van der Waals surface area (Å²) >= 11 is 1.50. The number of nitrogens with zero attached hydrogens (tertiary/aromatic N) is 5. The lowest BCUT2D eigenvalue weighted by Crippen LogP contribution is -2.46. The highest BCUT2D eigenvalue weighted by atomic mass is 32.1. The van der Waals surface area contributed by atoms with Gasteiger partial charge in [-0.25, -0.2) is 9.97 Å². The molecular weight excluding hydrogens is 400 g/mol. The van der Waals surface area contributed by atoms with E-state index in [0.717, 1.165) is 31.6 Å². The lowest BCUT2D eigenvalue weighted by Gasteiger charge is -2.37. The number of pyridine rings is 1. The van der Waals surface area contributed by atoms with Crippen LogP contribution in [0.1, 0.15) is 41.7 Å². The Hall–Kier alpha value is -2.52. The minimum absolute atomic E-state index is 0.00296. The first-order valence-corrected chi connectivity index (χ1v) is 11.6. The van der Waals surface area contributed by atoms with E-state index in [2.05, 4.69) is 20.2 Å². The lowest BCUT2D eigenvalue weighted by atomic mass is 10.0. The van der Waals surface area contributed by atoms with E-state index in [0.29, 0.717) is 29.7 Å². The largest absolute Gasteiger partial charge is 0.359 e. The Labute approximate surface area is 179 Å². The van der Waals surface area contributed by atoms with Gasteiger partial charge < -0.3 is 20.0 Å². The predicted octanol–water partition coefficient (Wildman–Crippen LogP) is 2.20. The van der Waals surface area contributed by atoms with Crippen LogP contribution < -0.4 is 10.2 Å². The molecule has 30 heavy (non-hydrogen) atoms. The molecule has 2 aromatic rings. The van der Waals surface area contributed by atoms with Crippen molar-refractivity contribution in [2.24, 2.45) is 0 Å². The van der Waals surface area contributed by atoms with E-state index in [-0.39, 0.29) is 18.4 Å². The number of aromatic nitrogens is 2. The van der Waals surface area contributed by atoms with Crippen LogP contribution in [-0.4, -0.2) is 70.3 Å². The zero-order chi connectivity index (χ0) is 20.5. The van der Waals surface area contributed by atoms with Gasteiger partial charge in [0.15, 0.2) is 5.82 Å². The number of hydrogen-bond donors (Lipinski definition) is 1. The SMILES string of the molecule is O=C(c1cnc2c(c1)N(Cc1cscn1)C(=O)CN2)N1CCC(N2CCCC2)CC1. The number of hydrogen-bond acceptors (Lipinski definition) is 7. The standard InChI is InChI=1S/C21H26N6O2S/c28-19-11-23-20-18(27(19)12-16-13-30-14-24-16)9-15(10-22-20)21(29)26-7-3-17(4-8-26)25-5-1-2-6-25/h9-10,13-14,17H,1-8,11-12H2,(H,22,23). The summed E-state index contributed by atoms with van der Waals surface area (Å²) in [4.78, 5) is 40.6. The van der Waals surface area contributed by atoms with Gasteiger partial charge in [-0.2, -0.15) is 0 Å². The molecule has 5 heterocycles. The molecular formula is C21H26N6O2S. The summed E-state index contributed by atoms with van der Waals surface area (Å²) in [6.07, 6.45) is 6.27. The molecule has 0 aromatic carbocycles. The van der Waals surface area contributed by atoms with Crippen LogP contribution in [0.15, 0.2) is 23.2 Å². The number of nitrogens with one attached hydrogen (secondary N) is 1. The molecule has 158 valence electrons. The van der Waals surface area contributed by atoms with Gasteiger partial charge in [-0.05, 0) is 44.8 Å². The van der Waals surface area contributed by atoms with Crippen LogP contribution in [-0.2, 0) is 11.3 Å². The number of thiazole rings is 1. The first kappa shape index (κ1) is 19.4. The normalized spacial score (nSPS) is 20.3. The Morgan fingerprint density at radius 2 is 1.97 bits per heavy atom. The fourth-order valence-electron chi connectivity index (χ4n) is 4.68. The van der Waals surface area contributed by atoms with E-state index in [9.17, 15) is 9.59 Å². The fourth-order valence-corrected chi connectivity index (χ4v) is 5.23. The second kappa shape index (κ2) is 8.31. The van der Waals surface area contributed by atoms with Crippen molar-refractivity contribution >= 4 is 34.7 Å². The van der Waals surface area contributed by atoms with Gasteiger partial charge in [0.25, 0.3) is 5.91 Å². The van der Waals surface area contributed by atoms with Crippen LogP contribution in [0.3, 0.4) is 0 Å². The molecule has 3 aliphatic heterocycles. The molecule has 2 saturated heterocycles. The summed E-state index contributed by atoms with van der Waals surface area (Å²) < 4.78 is 0. The van der Waals surface area contributed by atoms with Gasteiger partial charge in [-0.1, -0.05) is 0 Å². The van der Waals surface area contributed by atoms with Crippen molar-refractivity contribution < 1.29 is 9.59 Å². The number of carbonyl (C=O) groups is 2. The Bertz CT molecular complexity index is 920. The number of fused-ring (bicyclic) bond motifs is 1. The molecule has 2 fully saturated rings. The molecule has 0 saturated carbocycles. The van der Waals surface area contributed by atoms with Crippen molar-refractivity contribution in [2.75, 3.05) is 42.9 Å². The molecule has 2 amide bonds. The van der Waals surface area contributed by atoms with Crippen molar-refractivity contribution in [3.63, 3.8) is 0 Å². The number of carbonyl (C=O) groups excluding carboxylic acids is 2. The highest BCUT2D eigenvalue weighted by molar-refractivity contribution is 7.07. The second-order valence-corrected chi connectivity index (χ2v) is 8.89. The summed E-state index contributed by atoms with van der Waals surface area (Å²) in [7, 11) is 0. The molecule has 1 N–H and O–H groups in total. The van der Waals surface area contributed by atoms with Crippen LogP contribution >= 0.6 is 11.3 Å². The summed E-state index contributed by atoms with van der Waals surface area (Å²) in [6.45, 7) is 4.53. The highest BCUT2D eigenvalue weighted by Crippen LogP contribution is 2.31. The van der Waals surface area contributed by atoms with Gasteiger partial charge in [0.1, 0.15) is 0 Å². The summed E-state index contributed by atoms with van der Waals surface area (Å²) in [6, 6.07) is 2.40. The van der Waals surface area contributed by atoms with Gasteiger partial charge in [0, 0.05) is 30.7 Å². The Morgan fingerprint density at radius 3 is 2.70 bits per heavy atom. The number of piperidine rings is 1. The Morgan fingerprint density at radius 1 is 1.17 bits per heavy atom. The van der Waals surface area contributed by atoms with Crippen LogP contribution in [0.4, 0.5) is 11.5 Å². The third-order valence-electron chi connectivity index (χ3n) is 6.33. The molecule has 0 unspecified atom stereocenters. The van der Waals surface area contributed by atoms with Crippen molar-refractivity contribution in [1.29, 1.82) is 0 Å². The third kappa shape index (κ3) is 3.79. The molecule has 5 rings (SSSR count).